The predicted molar refractivity (Wildman–Crippen MR) is 144 cm³/mol. The molecule has 4 aromatic carbocycles. The maximum Gasteiger partial charge on any atom is 0.265 e. The fourth-order valence-electron chi connectivity index (χ4n) is 4.77. The molecule has 0 spiro atoms. The average molecular weight is 451 g/mol. The Morgan fingerprint density at radius 2 is 1.09 bits per heavy atom. The summed E-state index contributed by atoms with van der Waals surface area (Å²) in [6, 6.07) is 42.2. The quantitative estimate of drug-likeness (QED) is 0.281. The monoisotopic (exact) mass is 450 g/mol. The van der Waals surface area contributed by atoms with E-state index in [0.29, 0.717) is 11.4 Å². The van der Waals surface area contributed by atoms with Crippen LogP contribution in [0.25, 0.3) is 50.1 Å². The van der Waals surface area contributed by atoms with Crippen molar-refractivity contribution < 1.29 is 0 Å². The highest BCUT2D eigenvalue weighted by atomic mass is 16.1. The summed E-state index contributed by atoms with van der Waals surface area (Å²) in [5.41, 5.74) is 6.28. The Morgan fingerprint density at radius 3 is 1.69 bits per heavy atom. The van der Waals surface area contributed by atoms with Gasteiger partial charge in [0.05, 0.1) is 11.1 Å². The molecular weight excluding hydrogens is 428 g/mol. The van der Waals surface area contributed by atoms with Crippen molar-refractivity contribution in [3.63, 3.8) is 0 Å². The molecule has 3 heteroatoms. The molecule has 6 aromatic rings. The molecule has 0 atom stereocenters. The second-order valence-electron chi connectivity index (χ2n) is 8.38. The van der Waals surface area contributed by atoms with Crippen molar-refractivity contribution in [2.45, 2.75) is 0 Å². The minimum absolute atomic E-state index is 0.0929. The smallest absolute Gasteiger partial charge is 0.265 e. The normalized spacial score (nSPS) is 11.0. The van der Waals surface area contributed by atoms with Crippen molar-refractivity contribution in [1.29, 1.82) is 0 Å². The molecule has 6 rings (SSSR count). The lowest BCUT2D eigenvalue weighted by Crippen LogP contribution is -2.23. The molecule has 0 amide bonds. The van der Waals surface area contributed by atoms with Gasteiger partial charge in [0.2, 0.25) is 0 Å². The van der Waals surface area contributed by atoms with Crippen molar-refractivity contribution in [2.75, 3.05) is 0 Å². The van der Waals surface area contributed by atoms with E-state index >= 15 is 0 Å². The SMILES string of the molecule is O=c1c(-c2ccccc2)c(-c2ccccc2)c2cccc(-c3ccccc3)c2n1-c1ccccn1. The highest BCUT2D eigenvalue weighted by Gasteiger charge is 2.22. The molecule has 0 fully saturated rings. The number of fused-ring (bicyclic) bond motifs is 1. The van der Waals surface area contributed by atoms with Gasteiger partial charge < -0.3 is 0 Å². The third kappa shape index (κ3) is 3.64. The van der Waals surface area contributed by atoms with Gasteiger partial charge in [-0.1, -0.05) is 115 Å². The second-order valence-corrected chi connectivity index (χ2v) is 8.38. The zero-order chi connectivity index (χ0) is 23.6. The van der Waals surface area contributed by atoms with Crippen molar-refractivity contribution >= 4 is 10.9 Å². The lowest BCUT2D eigenvalue weighted by Gasteiger charge is -2.20. The highest BCUT2D eigenvalue weighted by molar-refractivity contribution is 6.07. The van der Waals surface area contributed by atoms with Crippen LogP contribution in [0.15, 0.2) is 138 Å². The van der Waals surface area contributed by atoms with Crippen LogP contribution in [0.5, 0.6) is 0 Å². The fraction of sp³-hybridized carbons (Fsp3) is 0. The summed E-state index contributed by atoms with van der Waals surface area (Å²) in [5, 5.41) is 1.00. The number of para-hydroxylation sites is 1. The number of benzene rings is 4. The molecule has 35 heavy (non-hydrogen) atoms. The number of rotatable bonds is 4. The maximum absolute atomic E-state index is 14.5. The molecular formula is C32H22N2O. The van der Waals surface area contributed by atoms with Crippen molar-refractivity contribution in [1.82, 2.24) is 9.55 Å². The third-order valence-corrected chi connectivity index (χ3v) is 6.28. The minimum atomic E-state index is -0.0929. The van der Waals surface area contributed by atoms with E-state index in [9.17, 15) is 4.79 Å². The molecule has 0 unspecified atom stereocenters. The van der Waals surface area contributed by atoms with Crippen LogP contribution in [0.1, 0.15) is 0 Å². The number of nitrogens with zero attached hydrogens (tertiary/aromatic N) is 2. The van der Waals surface area contributed by atoms with Crippen molar-refractivity contribution in [3.05, 3.63) is 144 Å². The first-order chi connectivity index (χ1) is 17.3. The zero-order valence-corrected chi connectivity index (χ0v) is 19.0. The predicted octanol–water partition coefficient (Wildman–Crippen LogP) is 7.39. The Bertz CT molecular complexity index is 1670. The van der Waals surface area contributed by atoms with Gasteiger partial charge in [0.25, 0.3) is 5.56 Å². The second kappa shape index (κ2) is 8.88. The number of aromatic nitrogens is 2. The molecule has 0 radical (unpaired) electrons. The van der Waals surface area contributed by atoms with Gasteiger partial charge in [0, 0.05) is 22.7 Å². The van der Waals surface area contributed by atoms with E-state index in [-0.39, 0.29) is 5.56 Å². The Kier molecular flexibility index (Phi) is 5.28. The number of pyridine rings is 2. The summed E-state index contributed by atoms with van der Waals surface area (Å²) in [7, 11) is 0. The Hall–Kier alpha value is -4.76. The van der Waals surface area contributed by atoms with E-state index in [1.54, 1.807) is 10.8 Å². The van der Waals surface area contributed by atoms with Crippen LogP contribution in [0, 0.1) is 0 Å². The molecule has 0 bridgehead atoms. The average Bonchev–Trinajstić information content (AvgIpc) is 2.94. The Morgan fingerprint density at radius 1 is 0.514 bits per heavy atom. The molecule has 0 aliphatic heterocycles. The van der Waals surface area contributed by atoms with Gasteiger partial charge >= 0.3 is 0 Å². The van der Waals surface area contributed by atoms with Gasteiger partial charge in [0.15, 0.2) is 0 Å². The van der Waals surface area contributed by atoms with Crippen molar-refractivity contribution in [3.8, 4) is 39.2 Å². The van der Waals surface area contributed by atoms with Gasteiger partial charge in [-0.05, 0) is 28.8 Å². The van der Waals surface area contributed by atoms with Gasteiger partial charge in [-0.3, -0.25) is 9.36 Å². The molecule has 0 saturated carbocycles. The summed E-state index contributed by atoms with van der Waals surface area (Å²) >= 11 is 0. The van der Waals surface area contributed by atoms with Gasteiger partial charge in [-0.2, -0.15) is 0 Å². The van der Waals surface area contributed by atoms with Crippen LogP contribution in [-0.2, 0) is 0 Å². The number of hydrogen-bond donors (Lipinski definition) is 0. The Balaban J connectivity index is 1.87. The fourth-order valence-corrected chi connectivity index (χ4v) is 4.77. The summed E-state index contributed by atoms with van der Waals surface area (Å²) < 4.78 is 1.77. The van der Waals surface area contributed by atoms with E-state index < -0.39 is 0 Å². The third-order valence-electron chi connectivity index (χ3n) is 6.28. The summed E-state index contributed by atoms with van der Waals surface area (Å²) in [4.78, 5) is 19.1. The van der Waals surface area contributed by atoms with Crippen LogP contribution < -0.4 is 5.56 Å². The Labute approximate surface area is 203 Å². The van der Waals surface area contributed by atoms with E-state index in [0.717, 1.165) is 38.7 Å². The van der Waals surface area contributed by atoms with Crippen LogP contribution in [-0.4, -0.2) is 9.55 Å². The van der Waals surface area contributed by atoms with E-state index in [2.05, 4.69) is 47.4 Å². The van der Waals surface area contributed by atoms with Crippen LogP contribution in [0.2, 0.25) is 0 Å². The lowest BCUT2D eigenvalue weighted by molar-refractivity contribution is 0.988. The molecule has 0 aliphatic rings. The standard InChI is InChI=1S/C32H22N2O/c35-32-30(25-17-8-3-9-18-25)29(24-15-6-2-7-16-24)27-20-12-19-26(23-13-4-1-5-14-23)31(27)34(32)28-21-10-11-22-33-28/h1-22H. The van der Waals surface area contributed by atoms with E-state index in [1.165, 1.54) is 0 Å². The van der Waals surface area contributed by atoms with Crippen molar-refractivity contribution in [2.24, 2.45) is 0 Å². The first-order valence-corrected chi connectivity index (χ1v) is 11.6. The lowest BCUT2D eigenvalue weighted by atomic mass is 9.90. The molecule has 166 valence electrons. The first kappa shape index (κ1) is 20.8. The topological polar surface area (TPSA) is 34.9 Å². The molecule has 0 saturated heterocycles. The van der Waals surface area contributed by atoms with E-state index in [4.69, 9.17) is 0 Å². The summed E-state index contributed by atoms with van der Waals surface area (Å²) in [5.74, 6) is 0.600. The summed E-state index contributed by atoms with van der Waals surface area (Å²) in [6.07, 6.45) is 1.73. The largest absolute Gasteiger partial charge is 0.268 e. The minimum Gasteiger partial charge on any atom is -0.268 e. The summed E-state index contributed by atoms with van der Waals surface area (Å²) in [6.45, 7) is 0. The van der Waals surface area contributed by atoms with Crippen LogP contribution >= 0.6 is 0 Å². The van der Waals surface area contributed by atoms with Gasteiger partial charge in [0.1, 0.15) is 5.82 Å². The molecule has 2 heterocycles. The first-order valence-electron chi connectivity index (χ1n) is 11.6. The molecule has 2 aromatic heterocycles. The zero-order valence-electron chi connectivity index (χ0n) is 19.0. The molecule has 0 aliphatic carbocycles. The van der Waals surface area contributed by atoms with E-state index in [1.807, 2.05) is 84.9 Å². The number of hydrogen-bond acceptors (Lipinski definition) is 2. The van der Waals surface area contributed by atoms with Gasteiger partial charge in [-0.15, -0.1) is 0 Å². The van der Waals surface area contributed by atoms with Crippen LogP contribution in [0.3, 0.4) is 0 Å². The van der Waals surface area contributed by atoms with Gasteiger partial charge in [-0.25, -0.2) is 4.98 Å². The molecule has 0 N–H and O–H groups in total. The molecule has 3 nitrogen and oxygen atoms in total. The maximum atomic E-state index is 14.5. The van der Waals surface area contributed by atoms with Crippen LogP contribution in [0.4, 0.5) is 0 Å². The highest BCUT2D eigenvalue weighted by Crippen LogP contribution is 2.39.